The van der Waals surface area contributed by atoms with Crippen LogP contribution in [0.5, 0.6) is 0 Å². The van der Waals surface area contributed by atoms with Gasteiger partial charge in [-0.15, -0.1) is 0 Å². The summed E-state index contributed by atoms with van der Waals surface area (Å²) in [6.07, 6.45) is 30.4. The second kappa shape index (κ2) is 24.6. The van der Waals surface area contributed by atoms with Crippen molar-refractivity contribution in [1.29, 1.82) is 0 Å². The molecule has 0 N–H and O–H groups in total. The van der Waals surface area contributed by atoms with Crippen LogP contribution in [0.25, 0.3) is 10.8 Å². The van der Waals surface area contributed by atoms with Gasteiger partial charge in [0.2, 0.25) is 0 Å². The first kappa shape index (κ1) is 39.3. The van der Waals surface area contributed by atoms with Crippen molar-refractivity contribution in [2.24, 2.45) is 0 Å². The summed E-state index contributed by atoms with van der Waals surface area (Å²) in [5, 5.41) is 1.65. The summed E-state index contributed by atoms with van der Waals surface area (Å²) in [7, 11) is -4.52. The van der Waals surface area contributed by atoms with E-state index in [2.05, 4.69) is 26.0 Å². The van der Waals surface area contributed by atoms with Crippen molar-refractivity contribution in [3.05, 3.63) is 41.5 Å². The molecule has 228 valence electrons. The Morgan fingerprint density at radius 1 is 0.512 bits per heavy atom. The SMILES string of the molecule is CCCCCCCCCCCCCc1ccc(CCCCCCCCCCCCC)c2c(S(=O)(=O)[O-])cccc12.[K+]. The predicted molar refractivity (Wildman–Crippen MR) is 172 cm³/mol. The molecule has 0 bridgehead atoms. The Morgan fingerprint density at radius 3 is 1.29 bits per heavy atom. The van der Waals surface area contributed by atoms with E-state index in [9.17, 15) is 13.0 Å². The molecule has 41 heavy (non-hydrogen) atoms. The van der Waals surface area contributed by atoms with E-state index in [0.29, 0.717) is 5.39 Å². The summed E-state index contributed by atoms with van der Waals surface area (Å²) in [6.45, 7) is 4.53. The fraction of sp³-hybridized carbons (Fsp3) is 0.722. The van der Waals surface area contributed by atoms with Crippen LogP contribution in [0.4, 0.5) is 0 Å². The Balaban J connectivity index is 0.00000840. The van der Waals surface area contributed by atoms with E-state index in [0.717, 1.165) is 43.1 Å². The Morgan fingerprint density at radius 2 is 0.878 bits per heavy atom. The molecule has 0 saturated carbocycles. The van der Waals surface area contributed by atoms with Crippen LogP contribution in [0.1, 0.15) is 166 Å². The summed E-state index contributed by atoms with van der Waals surface area (Å²) in [5.74, 6) is 0. The van der Waals surface area contributed by atoms with Gasteiger partial charge in [-0.25, -0.2) is 8.42 Å². The first-order valence-electron chi connectivity index (χ1n) is 17.0. The van der Waals surface area contributed by atoms with Gasteiger partial charge in [-0.05, 0) is 48.3 Å². The van der Waals surface area contributed by atoms with Crippen molar-refractivity contribution in [3.63, 3.8) is 0 Å². The average Bonchev–Trinajstić information content (AvgIpc) is 2.94. The van der Waals surface area contributed by atoms with Gasteiger partial charge < -0.3 is 4.55 Å². The first-order valence-corrected chi connectivity index (χ1v) is 18.4. The molecule has 0 aliphatic rings. The molecule has 0 aliphatic carbocycles. The van der Waals surface area contributed by atoms with E-state index in [-0.39, 0.29) is 56.3 Å². The molecule has 0 unspecified atom stereocenters. The molecule has 0 amide bonds. The minimum absolute atomic E-state index is 0. The molecule has 3 nitrogen and oxygen atoms in total. The Labute approximate surface area is 296 Å². The van der Waals surface area contributed by atoms with Crippen LogP contribution in [0.3, 0.4) is 0 Å². The summed E-state index contributed by atoms with van der Waals surface area (Å²) in [6, 6.07) is 9.54. The number of hydrogen-bond acceptors (Lipinski definition) is 3. The third-order valence-electron chi connectivity index (χ3n) is 8.55. The number of hydrogen-bond donors (Lipinski definition) is 0. The molecular formula is C36H59KO3S. The predicted octanol–water partition coefficient (Wildman–Crippen LogP) is 8.45. The molecule has 0 atom stereocenters. The van der Waals surface area contributed by atoms with Crippen molar-refractivity contribution in [2.45, 2.75) is 173 Å². The van der Waals surface area contributed by atoms with Crippen molar-refractivity contribution in [3.8, 4) is 0 Å². The Bertz CT molecular complexity index is 1030. The smallest absolute Gasteiger partial charge is 0.744 e. The fourth-order valence-electron chi connectivity index (χ4n) is 6.10. The van der Waals surface area contributed by atoms with Gasteiger partial charge in [0.15, 0.2) is 0 Å². The van der Waals surface area contributed by atoms with Gasteiger partial charge in [0, 0.05) is 5.39 Å². The third kappa shape index (κ3) is 16.8. The number of fused-ring (bicyclic) bond motifs is 1. The van der Waals surface area contributed by atoms with Gasteiger partial charge in [-0.1, -0.05) is 167 Å². The molecule has 2 rings (SSSR count). The fourth-order valence-corrected chi connectivity index (χ4v) is 6.83. The maximum atomic E-state index is 12.2. The number of benzene rings is 2. The monoisotopic (exact) mass is 610 g/mol. The van der Waals surface area contributed by atoms with Gasteiger partial charge in [0.05, 0.1) is 4.90 Å². The van der Waals surface area contributed by atoms with Crippen LogP contribution < -0.4 is 51.4 Å². The van der Waals surface area contributed by atoms with Gasteiger partial charge >= 0.3 is 51.4 Å². The van der Waals surface area contributed by atoms with E-state index >= 15 is 0 Å². The van der Waals surface area contributed by atoms with E-state index in [4.69, 9.17) is 0 Å². The number of unbranched alkanes of at least 4 members (excludes halogenated alkanes) is 20. The van der Waals surface area contributed by atoms with E-state index in [1.807, 2.05) is 6.07 Å². The van der Waals surface area contributed by atoms with Crippen LogP contribution in [-0.4, -0.2) is 13.0 Å². The number of aryl methyl sites for hydroxylation is 2. The quantitative estimate of drug-likeness (QED) is 0.0644. The topological polar surface area (TPSA) is 57.2 Å². The van der Waals surface area contributed by atoms with Crippen molar-refractivity contribution < 1.29 is 64.4 Å². The molecule has 0 heterocycles. The van der Waals surface area contributed by atoms with Crippen molar-refractivity contribution in [2.75, 3.05) is 0 Å². The second-order valence-corrected chi connectivity index (χ2v) is 13.4. The first-order chi connectivity index (χ1) is 19.5. The van der Waals surface area contributed by atoms with Crippen LogP contribution in [0, 0.1) is 0 Å². The maximum absolute atomic E-state index is 12.2. The summed E-state index contributed by atoms with van der Waals surface area (Å²) in [5.41, 5.74) is 2.20. The molecule has 2 aromatic carbocycles. The second-order valence-electron chi connectivity index (χ2n) is 12.1. The van der Waals surface area contributed by atoms with Gasteiger partial charge in [-0.2, -0.15) is 0 Å². The zero-order valence-electron chi connectivity index (χ0n) is 27.0. The van der Waals surface area contributed by atoms with E-state index < -0.39 is 10.1 Å². The number of rotatable bonds is 25. The largest absolute Gasteiger partial charge is 1.00 e. The van der Waals surface area contributed by atoms with E-state index in [1.54, 1.807) is 6.07 Å². The minimum atomic E-state index is -4.52. The standard InChI is InChI=1S/C36H60O3S.K/c1-3-5-7-9-11-13-15-17-19-21-23-26-32-30-31-33(36-34(32)28-25-29-35(36)40(37,38)39)27-24-22-20-18-16-14-12-10-8-6-4-2;/h25,28-31H,3-24,26-27H2,1-2H3,(H,37,38,39);/q;+1/p-1. The van der Waals surface area contributed by atoms with Gasteiger partial charge in [0.25, 0.3) is 0 Å². The van der Waals surface area contributed by atoms with Crippen LogP contribution >= 0.6 is 0 Å². The molecular weight excluding hydrogens is 552 g/mol. The third-order valence-corrected chi connectivity index (χ3v) is 9.43. The Hall–Kier alpha value is 0.246. The van der Waals surface area contributed by atoms with E-state index in [1.165, 1.54) is 134 Å². The van der Waals surface area contributed by atoms with Crippen molar-refractivity contribution in [1.82, 2.24) is 0 Å². The summed E-state index contributed by atoms with van der Waals surface area (Å²) in [4.78, 5) is -0.0381. The van der Waals surface area contributed by atoms with Crippen LogP contribution in [0.15, 0.2) is 35.2 Å². The van der Waals surface area contributed by atoms with Gasteiger partial charge in [0.1, 0.15) is 10.1 Å². The molecule has 0 spiro atoms. The zero-order chi connectivity index (χ0) is 28.9. The molecule has 5 heteroatoms. The maximum Gasteiger partial charge on any atom is 1.00 e. The summed E-state index contributed by atoms with van der Waals surface area (Å²) >= 11 is 0. The Kier molecular flexibility index (Phi) is 23.5. The summed E-state index contributed by atoms with van der Waals surface area (Å²) < 4.78 is 36.5. The van der Waals surface area contributed by atoms with Crippen LogP contribution in [-0.2, 0) is 23.0 Å². The van der Waals surface area contributed by atoms with Gasteiger partial charge in [-0.3, -0.25) is 0 Å². The minimum Gasteiger partial charge on any atom is -0.744 e. The average molecular weight is 611 g/mol. The molecule has 0 aromatic heterocycles. The molecule has 0 fully saturated rings. The van der Waals surface area contributed by atoms with Crippen molar-refractivity contribution >= 4 is 20.9 Å². The molecule has 0 aliphatic heterocycles. The zero-order valence-corrected chi connectivity index (χ0v) is 30.9. The normalized spacial score (nSPS) is 11.7. The van der Waals surface area contributed by atoms with Crippen LogP contribution in [0.2, 0.25) is 0 Å². The molecule has 2 aromatic rings. The molecule has 0 saturated heterocycles. The molecule has 0 radical (unpaired) electrons.